The lowest BCUT2D eigenvalue weighted by Crippen LogP contribution is -2.31. The van der Waals surface area contributed by atoms with Gasteiger partial charge in [-0.3, -0.25) is 0 Å². The SMILES string of the molecule is O=c1n(CCOc2ccccc2)nc([C@H]2CCCNC2)n1-c1ccccc1. The fraction of sp³-hybridized carbons (Fsp3) is 0.333. The molecule has 2 aromatic carbocycles. The summed E-state index contributed by atoms with van der Waals surface area (Å²) in [6.45, 7) is 2.69. The van der Waals surface area contributed by atoms with Crippen molar-refractivity contribution >= 4 is 0 Å². The van der Waals surface area contributed by atoms with Crippen molar-refractivity contribution in [2.45, 2.75) is 25.3 Å². The van der Waals surface area contributed by atoms with Gasteiger partial charge in [0.2, 0.25) is 0 Å². The Morgan fingerprint density at radius 1 is 1.07 bits per heavy atom. The van der Waals surface area contributed by atoms with Gasteiger partial charge in [-0.15, -0.1) is 0 Å². The minimum Gasteiger partial charge on any atom is -0.492 e. The summed E-state index contributed by atoms with van der Waals surface area (Å²) in [5.74, 6) is 1.87. The monoisotopic (exact) mass is 364 g/mol. The van der Waals surface area contributed by atoms with Crippen LogP contribution in [0.4, 0.5) is 0 Å². The predicted octanol–water partition coefficient (Wildman–Crippen LogP) is 2.58. The summed E-state index contributed by atoms with van der Waals surface area (Å²) >= 11 is 0. The first-order valence-electron chi connectivity index (χ1n) is 9.46. The third-order valence-corrected chi connectivity index (χ3v) is 4.86. The average molecular weight is 364 g/mol. The summed E-state index contributed by atoms with van der Waals surface area (Å²) in [4.78, 5) is 13.1. The number of nitrogens with one attached hydrogen (secondary N) is 1. The Bertz CT molecular complexity index is 912. The van der Waals surface area contributed by atoms with Gasteiger partial charge in [0.1, 0.15) is 18.2 Å². The van der Waals surface area contributed by atoms with E-state index in [4.69, 9.17) is 4.74 Å². The van der Waals surface area contributed by atoms with Gasteiger partial charge in [0.05, 0.1) is 12.2 Å². The molecule has 0 aliphatic carbocycles. The van der Waals surface area contributed by atoms with E-state index < -0.39 is 0 Å². The van der Waals surface area contributed by atoms with Gasteiger partial charge in [0.15, 0.2) is 0 Å². The molecule has 0 unspecified atom stereocenters. The number of hydrogen-bond donors (Lipinski definition) is 1. The number of para-hydroxylation sites is 2. The minimum atomic E-state index is -0.113. The summed E-state index contributed by atoms with van der Waals surface area (Å²) < 4.78 is 9.02. The first-order valence-corrected chi connectivity index (χ1v) is 9.46. The Morgan fingerprint density at radius 3 is 2.52 bits per heavy atom. The molecule has 3 aromatic rings. The van der Waals surface area contributed by atoms with Crippen LogP contribution in [0.25, 0.3) is 5.69 Å². The van der Waals surface area contributed by atoms with Crippen molar-refractivity contribution in [3.63, 3.8) is 0 Å². The Hall–Kier alpha value is -2.86. The van der Waals surface area contributed by atoms with Crippen molar-refractivity contribution in [2.24, 2.45) is 0 Å². The van der Waals surface area contributed by atoms with E-state index in [9.17, 15) is 4.79 Å². The quantitative estimate of drug-likeness (QED) is 0.730. The number of rotatable bonds is 6. The number of hydrogen-bond acceptors (Lipinski definition) is 4. The molecule has 1 saturated heterocycles. The van der Waals surface area contributed by atoms with Crippen LogP contribution in [-0.2, 0) is 6.54 Å². The normalized spacial score (nSPS) is 17.0. The predicted molar refractivity (Wildman–Crippen MR) is 105 cm³/mol. The second-order valence-corrected chi connectivity index (χ2v) is 6.74. The summed E-state index contributed by atoms with van der Waals surface area (Å²) in [5, 5.41) is 8.10. The maximum atomic E-state index is 13.1. The van der Waals surface area contributed by atoms with Gasteiger partial charge < -0.3 is 10.1 Å². The molecule has 1 aliphatic rings. The molecule has 6 nitrogen and oxygen atoms in total. The van der Waals surface area contributed by atoms with Crippen LogP contribution in [-0.4, -0.2) is 34.0 Å². The van der Waals surface area contributed by atoms with Gasteiger partial charge in [-0.2, -0.15) is 5.10 Å². The summed E-state index contributed by atoms with van der Waals surface area (Å²) in [6.07, 6.45) is 2.13. The van der Waals surface area contributed by atoms with E-state index in [-0.39, 0.29) is 11.6 Å². The Morgan fingerprint density at radius 2 is 1.81 bits per heavy atom. The molecular formula is C21H24N4O2. The molecule has 1 aromatic heterocycles. The van der Waals surface area contributed by atoms with Crippen LogP contribution in [0.3, 0.4) is 0 Å². The molecule has 1 aliphatic heterocycles. The zero-order valence-corrected chi connectivity index (χ0v) is 15.3. The lowest BCUT2D eigenvalue weighted by molar-refractivity contribution is 0.288. The molecular weight excluding hydrogens is 340 g/mol. The summed E-state index contributed by atoms with van der Waals surface area (Å²) in [5.41, 5.74) is 0.747. The van der Waals surface area contributed by atoms with Crippen molar-refractivity contribution in [1.29, 1.82) is 0 Å². The van der Waals surface area contributed by atoms with Crippen LogP contribution in [0, 0.1) is 0 Å². The molecule has 140 valence electrons. The third-order valence-electron chi connectivity index (χ3n) is 4.86. The fourth-order valence-electron chi connectivity index (χ4n) is 3.49. The highest BCUT2D eigenvalue weighted by Crippen LogP contribution is 2.22. The smallest absolute Gasteiger partial charge is 0.350 e. The Balaban J connectivity index is 1.60. The minimum absolute atomic E-state index is 0.113. The van der Waals surface area contributed by atoms with Gasteiger partial charge in [-0.05, 0) is 43.7 Å². The lowest BCUT2D eigenvalue weighted by Gasteiger charge is -2.22. The largest absolute Gasteiger partial charge is 0.492 e. The molecule has 27 heavy (non-hydrogen) atoms. The van der Waals surface area contributed by atoms with Crippen LogP contribution in [0.15, 0.2) is 65.5 Å². The van der Waals surface area contributed by atoms with E-state index in [2.05, 4.69) is 10.4 Å². The number of aromatic nitrogens is 3. The highest BCUT2D eigenvalue weighted by molar-refractivity contribution is 5.33. The maximum absolute atomic E-state index is 13.1. The molecule has 0 bridgehead atoms. The first-order chi connectivity index (χ1) is 13.3. The van der Waals surface area contributed by atoms with Gasteiger partial charge in [-0.1, -0.05) is 36.4 Å². The fourth-order valence-corrected chi connectivity index (χ4v) is 3.49. The second-order valence-electron chi connectivity index (χ2n) is 6.74. The molecule has 1 N–H and O–H groups in total. The van der Waals surface area contributed by atoms with Crippen LogP contribution < -0.4 is 15.7 Å². The summed E-state index contributed by atoms with van der Waals surface area (Å²) in [7, 11) is 0. The van der Waals surface area contributed by atoms with E-state index in [1.54, 1.807) is 4.57 Å². The molecule has 1 atom stereocenters. The van der Waals surface area contributed by atoms with Crippen LogP contribution in [0.5, 0.6) is 5.75 Å². The van der Waals surface area contributed by atoms with Gasteiger partial charge in [-0.25, -0.2) is 14.0 Å². The highest BCUT2D eigenvalue weighted by Gasteiger charge is 2.24. The van der Waals surface area contributed by atoms with Gasteiger partial charge in [0, 0.05) is 12.5 Å². The Labute approximate surface area is 158 Å². The molecule has 1 fully saturated rings. The van der Waals surface area contributed by atoms with Crippen LogP contribution in [0.2, 0.25) is 0 Å². The molecule has 2 heterocycles. The van der Waals surface area contributed by atoms with Crippen LogP contribution in [0.1, 0.15) is 24.6 Å². The zero-order valence-electron chi connectivity index (χ0n) is 15.3. The van der Waals surface area contributed by atoms with E-state index in [1.807, 2.05) is 60.7 Å². The average Bonchev–Trinajstić information content (AvgIpc) is 3.06. The molecule has 6 heteroatoms. The van der Waals surface area contributed by atoms with E-state index in [0.717, 1.165) is 43.2 Å². The maximum Gasteiger partial charge on any atom is 0.350 e. The van der Waals surface area contributed by atoms with E-state index >= 15 is 0 Å². The molecule has 0 amide bonds. The van der Waals surface area contributed by atoms with E-state index in [0.29, 0.717) is 13.2 Å². The molecule has 0 radical (unpaired) electrons. The number of nitrogens with zero attached hydrogens (tertiary/aromatic N) is 3. The second kappa shape index (κ2) is 8.22. The molecule has 0 spiro atoms. The number of ether oxygens (including phenoxy) is 1. The van der Waals surface area contributed by atoms with Gasteiger partial charge in [0.25, 0.3) is 0 Å². The zero-order chi connectivity index (χ0) is 18.5. The number of benzene rings is 2. The molecule has 4 rings (SSSR count). The number of piperidine rings is 1. The lowest BCUT2D eigenvalue weighted by atomic mass is 9.99. The van der Waals surface area contributed by atoms with Crippen LogP contribution >= 0.6 is 0 Å². The first kappa shape index (κ1) is 17.5. The van der Waals surface area contributed by atoms with Crippen molar-refractivity contribution in [3.05, 3.63) is 77.0 Å². The Kier molecular flexibility index (Phi) is 5.34. The van der Waals surface area contributed by atoms with E-state index in [1.165, 1.54) is 4.68 Å². The van der Waals surface area contributed by atoms with Crippen molar-refractivity contribution in [1.82, 2.24) is 19.7 Å². The highest BCUT2D eigenvalue weighted by atomic mass is 16.5. The van der Waals surface area contributed by atoms with Gasteiger partial charge >= 0.3 is 5.69 Å². The molecule has 0 saturated carbocycles. The summed E-state index contributed by atoms with van der Waals surface area (Å²) in [6, 6.07) is 19.4. The van der Waals surface area contributed by atoms with Crippen molar-refractivity contribution < 1.29 is 4.74 Å². The topological polar surface area (TPSA) is 61.1 Å². The standard InChI is InChI=1S/C21H24N4O2/c26-21-24(14-15-27-19-11-5-2-6-12-19)23-20(17-8-7-13-22-16-17)25(21)18-9-3-1-4-10-18/h1-6,9-12,17,22H,7-8,13-16H2/t17-/m0/s1. The third kappa shape index (κ3) is 3.95. The van der Waals surface area contributed by atoms with Crippen molar-refractivity contribution in [2.75, 3.05) is 19.7 Å². The van der Waals surface area contributed by atoms with Crippen molar-refractivity contribution in [3.8, 4) is 11.4 Å².